The number of aromatic nitrogens is 3. The van der Waals surface area contributed by atoms with Gasteiger partial charge in [-0.3, -0.25) is 24.7 Å². The van der Waals surface area contributed by atoms with Crippen molar-refractivity contribution in [2.45, 2.75) is 32.0 Å². The molecule has 3 aromatic rings. The number of fused-ring (bicyclic) bond motifs is 3. The van der Waals surface area contributed by atoms with Crippen molar-refractivity contribution >= 4 is 27.4 Å². The van der Waals surface area contributed by atoms with Gasteiger partial charge in [0.15, 0.2) is 0 Å². The fourth-order valence-electron chi connectivity index (χ4n) is 3.33. The molecule has 140 valence electrons. The number of rotatable bonds is 2. The van der Waals surface area contributed by atoms with Gasteiger partial charge < -0.3 is 0 Å². The fraction of sp³-hybridized carbons (Fsp3) is 0.294. The van der Waals surface area contributed by atoms with Crippen LogP contribution in [0.4, 0.5) is 13.2 Å². The molecule has 10 heteroatoms. The third-order valence-corrected chi connectivity index (χ3v) is 5.80. The number of pyridine rings is 1. The highest BCUT2D eigenvalue weighted by Gasteiger charge is 2.33. The lowest BCUT2D eigenvalue weighted by Crippen LogP contribution is -2.36. The van der Waals surface area contributed by atoms with E-state index in [4.69, 9.17) is 10.8 Å². The molecule has 1 aliphatic carbocycles. The van der Waals surface area contributed by atoms with Crippen LogP contribution in [0.15, 0.2) is 29.5 Å². The molecular weight excluding hydrogens is 379 g/mol. The normalized spacial score (nSPS) is 13.9. The largest absolute Gasteiger partial charge is 0.419 e. The molecule has 0 atom stereocenters. The van der Waals surface area contributed by atoms with Crippen LogP contribution in [-0.4, -0.2) is 20.0 Å². The summed E-state index contributed by atoms with van der Waals surface area (Å²) in [6, 6.07) is 1.92. The molecule has 0 amide bonds. The number of alkyl halides is 3. The van der Waals surface area contributed by atoms with Gasteiger partial charge in [0.1, 0.15) is 16.2 Å². The molecule has 27 heavy (non-hydrogen) atoms. The van der Waals surface area contributed by atoms with Gasteiger partial charge in [-0.05, 0) is 37.0 Å². The summed E-state index contributed by atoms with van der Waals surface area (Å²) in [7, 11) is 0. The second kappa shape index (κ2) is 6.15. The summed E-state index contributed by atoms with van der Waals surface area (Å²) < 4.78 is 41.0. The van der Waals surface area contributed by atoms with Crippen molar-refractivity contribution < 1.29 is 13.2 Å². The third kappa shape index (κ3) is 2.89. The van der Waals surface area contributed by atoms with Crippen molar-refractivity contribution in [3.63, 3.8) is 0 Å². The predicted octanol–water partition coefficient (Wildman–Crippen LogP) is 2.77. The Morgan fingerprint density at radius 3 is 2.85 bits per heavy atom. The lowest BCUT2D eigenvalue weighted by atomic mass is 10.2. The lowest BCUT2D eigenvalue weighted by molar-refractivity contribution is -0.139. The minimum Gasteiger partial charge on any atom is -0.291 e. The predicted molar refractivity (Wildman–Crippen MR) is 94.3 cm³/mol. The van der Waals surface area contributed by atoms with Crippen LogP contribution < -0.4 is 11.0 Å². The van der Waals surface area contributed by atoms with Gasteiger partial charge >= 0.3 is 6.18 Å². The van der Waals surface area contributed by atoms with Crippen LogP contribution in [0.3, 0.4) is 0 Å². The average molecular weight is 393 g/mol. The minimum absolute atomic E-state index is 0.274. The van der Waals surface area contributed by atoms with E-state index >= 15 is 0 Å². The Morgan fingerprint density at radius 1 is 1.33 bits per heavy atom. The summed E-state index contributed by atoms with van der Waals surface area (Å²) in [6.45, 7) is -0.274. The molecular formula is C17H14F3N5OS. The van der Waals surface area contributed by atoms with Gasteiger partial charge in [0.25, 0.3) is 5.56 Å². The Hall–Kier alpha value is -2.75. The van der Waals surface area contributed by atoms with Crippen LogP contribution in [0.5, 0.6) is 0 Å². The first-order chi connectivity index (χ1) is 12.8. The number of nitrogens with one attached hydrogen (secondary N) is 2. The van der Waals surface area contributed by atoms with E-state index in [1.807, 2.05) is 0 Å². The summed E-state index contributed by atoms with van der Waals surface area (Å²) in [4.78, 5) is 18.9. The van der Waals surface area contributed by atoms with Crippen molar-refractivity contribution in [2.24, 2.45) is 0 Å². The van der Waals surface area contributed by atoms with E-state index < -0.39 is 17.2 Å². The third-order valence-electron chi connectivity index (χ3n) is 4.60. The van der Waals surface area contributed by atoms with Crippen LogP contribution in [0, 0.1) is 10.8 Å². The van der Waals surface area contributed by atoms with Crippen LogP contribution in [-0.2, 0) is 25.6 Å². The zero-order valence-electron chi connectivity index (χ0n) is 13.9. The van der Waals surface area contributed by atoms with Crippen molar-refractivity contribution in [1.29, 1.82) is 10.8 Å². The number of hydrogen-bond donors (Lipinski definition) is 2. The van der Waals surface area contributed by atoms with Gasteiger partial charge in [-0.1, -0.05) is 0 Å². The molecule has 6 nitrogen and oxygen atoms in total. The molecule has 0 spiro atoms. The molecule has 3 aromatic heterocycles. The first-order valence-corrected chi connectivity index (χ1v) is 9.00. The van der Waals surface area contributed by atoms with Crippen molar-refractivity contribution in [3.8, 4) is 0 Å². The van der Waals surface area contributed by atoms with Gasteiger partial charge in [0, 0.05) is 11.1 Å². The summed E-state index contributed by atoms with van der Waals surface area (Å²) in [6.07, 6.45) is 0.557. The topological polar surface area (TPSA) is 87.5 Å². The second-order valence-corrected chi connectivity index (χ2v) is 7.38. The van der Waals surface area contributed by atoms with Crippen molar-refractivity contribution in [3.05, 3.63) is 56.5 Å². The summed E-state index contributed by atoms with van der Waals surface area (Å²) in [5.74, 6) is -0.318. The van der Waals surface area contributed by atoms with E-state index in [1.165, 1.54) is 28.4 Å². The van der Waals surface area contributed by atoms with Crippen LogP contribution in [0.1, 0.15) is 22.4 Å². The summed E-state index contributed by atoms with van der Waals surface area (Å²) >= 11 is 1.49. The van der Waals surface area contributed by atoms with E-state index in [2.05, 4.69) is 4.98 Å². The molecule has 1 aliphatic rings. The Morgan fingerprint density at radius 2 is 2.11 bits per heavy atom. The second-order valence-electron chi connectivity index (χ2n) is 6.30. The minimum atomic E-state index is -4.69. The highest BCUT2D eigenvalue weighted by Crippen LogP contribution is 2.34. The van der Waals surface area contributed by atoms with Gasteiger partial charge in [-0.15, -0.1) is 11.3 Å². The number of hydrogen-bond acceptors (Lipinski definition) is 5. The molecule has 0 saturated heterocycles. The SMILES string of the molecule is N=C(Cn1cnc2sc3c(c2c1=O)CCC3)n1cccc(C(F)(F)F)c1=N. The number of aryl methyl sites for hydroxylation is 2. The monoisotopic (exact) mass is 393 g/mol. The van der Waals surface area contributed by atoms with E-state index in [-0.39, 0.29) is 17.9 Å². The Kier molecular flexibility index (Phi) is 4.02. The van der Waals surface area contributed by atoms with E-state index in [9.17, 15) is 18.0 Å². The average Bonchev–Trinajstić information content (AvgIpc) is 3.17. The Bertz CT molecular complexity index is 1190. The maximum absolute atomic E-state index is 13.0. The van der Waals surface area contributed by atoms with Crippen LogP contribution >= 0.6 is 11.3 Å². The van der Waals surface area contributed by atoms with Crippen LogP contribution in [0.2, 0.25) is 0 Å². The number of thiophene rings is 1. The van der Waals surface area contributed by atoms with Gasteiger partial charge in [0.05, 0.1) is 23.8 Å². The lowest BCUT2D eigenvalue weighted by Gasteiger charge is -2.13. The van der Waals surface area contributed by atoms with Crippen molar-refractivity contribution in [1.82, 2.24) is 14.1 Å². The van der Waals surface area contributed by atoms with E-state index in [0.29, 0.717) is 10.2 Å². The molecule has 0 bridgehead atoms. The van der Waals surface area contributed by atoms with Gasteiger partial charge in [-0.25, -0.2) is 4.98 Å². The zero-order chi connectivity index (χ0) is 19.3. The van der Waals surface area contributed by atoms with E-state index in [0.717, 1.165) is 46.4 Å². The summed E-state index contributed by atoms with van der Waals surface area (Å²) in [5, 5.41) is 16.4. The standard InChI is InChI=1S/C17H14F3N5OS/c18-17(19,20)10-4-2-6-25(14(10)22)12(21)7-24-8-23-15-13(16(24)26)9-3-1-5-11(9)27-15/h2,4,6,8,21-22H,1,3,5,7H2. The highest BCUT2D eigenvalue weighted by atomic mass is 32.1. The van der Waals surface area contributed by atoms with E-state index in [1.54, 1.807) is 0 Å². The Balaban J connectivity index is 1.73. The molecule has 0 saturated carbocycles. The zero-order valence-corrected chi connectivity index (χ0v) is 14.7. The molecule has 4 rings (SSSR count). The first kappa shape index (κ1) is 17.7. The highest BCUT2D eigenvalue weighted by molar-refractivity contribution is 7.18. The molecule has 0 fully saturated rings. The number of nitrogens with zero attached hydrogens (tertiary/aromatic N) is 3. The molecule has 0 unspecified atom stereocenters. The number of halogens is 3. The molecule has 2 N–H and O–H groups in total. The van der Waals surface area contributed by atoms with Gasteiger partial charge in [0.2, 0.25) is 0 Å². The smallest absolute Gasteiger partial charge is 0.291 e. The molecule has 0 aliphatic heterocycles. The maximum Gasteiger partial charge on any atom is 0.419 e. The quantitative estimate of drug-likeness (QED) is 0.518. The Labute approximate surface area is 154 Å². The van der Waals surface area contributed by atoms with Crippen LogP contribution in [0.25, 0.3) is 10.2 Å². The maximum atomic E-state index is 13.0. The molecule has 0 aromatic carbocycles. The summed E-state index contributed by atoms with van der Waals surface area (Å²) in [5.41, 5.74) is -1.27. The molecule has 0 radical (unpaired) electrons. The van der Waals surface area contributed by atoms with Gasteiger partial charge in [-0.2, -0.15) is 13.2 Å². The van der Waals surface area contributed by atoms with Crippen molar-refractivity contribution in [2.75, 3.05) is 0 Å². The first-order valence-electron chi connectivity index (χ1n) is 8.18. The fourth-order valence-corrected chi connectivity index (χ4v) is 4.55. The molecule has 3 heterocycles.